The zero-order valence-electron chi connectivity index (χ0n) is 13.8. The maximum Gasteiger partial charge on any atom is 0.434 e. The zero-order chi connectivity index (χ0) is 18.8. The maximum atomic E-state index is 13.8. The number of alkyl halides is 3. The summed E-state index contributed by atoms with van der Waals surface area (Å²) in [5.74, 6) is -0.245. The summed E-state index contributed by atoms with van der Waals surface area (Å²) in [5, 5.41) is 0. The average Bonchev–Trinajstić information content (AvgIpc) is 3.07. The Morgan fingerprint density at radius 2 is 1.85 bits per heavy atom. The predicted octanol–water partition coefficient (Wildman–Crippen LogP) is 4.73. The number of methoxy groups -OCH3 is 1. The summed E-state index contributed by atoms with van der Waals surface area (Å²) in [6, 6.07) is 11.2. The number of rotatable bonds is 4. The first kappa shape index (κ1) is 18.0. The van der Waals surface area contributed by atoms with Crippen LogP contribution in [-0.4, -0.2) is 25.7 Å². The molecule has 0 saturated carbocycles. The van der Waals surface area contributed by atoms with Crippen molar-refractivity contribution in [1.82, 2.24) is 0 Å². The molecule has 1 unspecified atom stereocenters. The van der Waals surface area contributed by atoms with Crippen LogP contribution in [0.15, 0.2) is 59.6 Å². The van der Waals surface area contributed by atoms with Crippen molar-refractivity contribution in [3.8, 4) is 5.75 Å². The topological polar surface area (TPSA) is 30.8 Å². The van der Waals surface area contributed by atoms with Crippen LogP contribution in [-0.2, 0) is 10.3 Å². The highest BCUT2D eigenvalue weighted by molar-refractivity contribution is 5.93. The average molecular weight is 365 g/mol. The molecule has 2 aromatic rings. The normalized spacial score (nSPS) is 20.1. The molecule has 2 aromatic carbocycles. The van der Waals surface area contributed by atoms with Crippen LogP contribution in [0.2, 0.25) is 0 Å². The Hall–Kier alpha value is -2.83. The first-order valence-electron chi connectivity index (χ1n) is 7.72. The van der Waals surface area contributed by atoms with Gasteiger partial charge in [-0.25, -0.2) is 9.38 Å². The van der Waals surface area contributed by atoms with E-state index in [1.807, 2.05) is 0 Å². The molecule has 0 amide bonds. The quantitative estimate of drug-likeness (QED) is 0.733. The number of hydrogen-bond donors (Lipinski definition) is 0. The molecule has 0 N–H and O–H groups in total. The van der Waals surface area contributed by atoms with Crippen molar-refractivity contribution in [1.29, 1.82) is 0 Å². The maximum absolute atomic E-state index is 13.8. The van der Waals surface area contributed by atoms with Crippen LogP contribution in [0.1, 0.15) is 11.1 Å². The highest BCUT2D eigenvalue weighted by atomic mass is 19.4. The van der Waals surface area contributed by atoms with Gasteiger partial charge in [0.15, 0.2) is 0 Å². The summed E-state index contributed by atoms with van der Waals surface area (Å²) in [7, 11) is 1.38. The minimum atomic E-state index is -4.67. The van der Waals surface area contributed by atoms with Gasteiger partial charge in [-0.3, -0.25) is 0 Å². The lowest BCUT2D eigenvalue weighted by molar-refractivity contribution is -0.249. The van der Waals surface area contributed by atoms with Crippen molar-refractivity contribution < 1.29 is 27.0 Å². The third kappa shape index (κ3) is 3.42. The van der Waals surface area contributed by atoms with E-state index >= 15 is 0 Å². The van der Waals surface area contributed by atoms with E-state index in [4.69, 9.17) is 9.47 Å². The summed E-state index contributed by atoms with van der Waals surface area (Å²) in [5.41, 5.74) is -2.04. The van der Waals surface area contributed by atoms with Crippen molar-refractivity contribution in [2.24, 2.45) is 4.99 Å². The first-order valence-corrected chi connectivity index (χ1v) is 7.72. The molecule has 136 valence electrons. The molecule has 1 atom stereocenters. The van der Waals surface area contributed by atoms with Crippen LogP contribution < -0.4 is 4.74 Å². The van der Waals surface area contributed by atoms with Gasteiger partial charge in [0.05, 0.1) is 13.7 Å². The smallest absolute Gasteiger partial charge is 0.434 e. The lowest BCUT2D eigenvalue weighted by Crippen LogP contribution is -2.45. The second-order valence-electron chi connectivity index (χ2n) is 5.70. The lowest BCUT2D eigenvalue weighted by atomic mass is 9.93. The standard InChI is InChI=1S/C19H15F4NO2/c1-25-16-4-2-3-14(11-16)18(19(21,22)23)12-24-17(26-18)10-7-13-5-8-15(20)9-6-13/h2-11H,12H2,1H3/b10-7+. The van der Waals surface area contributed by atoms with Crippen LogP contribution in [0.3, 0.4) is 0 Å². The molecule has 7 heteroatoms. The Kier molecular flexibility index (Phi) is 4.71. The Morgan fingerprint density at radius 3 is 2.50 bits per heavy atom. The van der Waals surface area contributed by atoms with E-state index in [0.29, 0.717) is 11.3 Å². The van der Waals surface area contributed by atoms with Gasteiger partial charge in [-0.05, 0) is 35.9 Å². The van der Waals surface area contributed by atoms with E-state index in [1.54, 1.807) is 6.07 Å². The fourth-order valence-corrected chi connectivity index (χ4v) is 2.60. The highest BCUT2D eigenvalue weighted by Gasteiger charge is 2.61. The molecule has 1 aliphatic heterocycles. The van der Waals surface area contributed by atoms with E-state index in [0.717, 1.165) is 0 Å². The molecule has 26 heavy (non-hydrogen) atoms. The largest absolute Gasteiger partial charge is 0.497 e. The molecule has 0 saturated heterocycles. The number of hydrogen-bond acceptors (Lipinski definition) is 3. The van der Waals surface area contributed by atoms with Crippen molar-refractivity contribution in [3.05, 3.63) is 71.6 Å². The molecule has 0 spiro atoms. The lowest BCUT2D eigenvalue weighted by Gasteiger charge is -2.31. The number of benzene rings is 2. The third-order valence-corrected chi connectivity index (χ3v) is 4.02. The molecule has 0 aromatic heterocycles. The van der Waals surface area contributed by atoms with Crippen molar-refractivity contribution >= 4 is 12.0 Å². The van der Waals surface area contributed by atoms with Gasteiger partial charge in [-0.1, -0.05) is 24.3 Å². The predicted molar refractivity (Wildman–Crippen MR) is 89.5 cm³/mol. The molecule has 0 radical (unpaired) electrons. The van der Waals surface area contributed by atoms with E-state index in [2.05, 4.69) is 4.99 Å². The third-order valence-electron chi connectivity index (χ3n) is 4.02. The second kappa shape index (κ2) is 6.82. The van der Waals surface area contributed by atoms with Gasteiger partial charge in [-0.15, -0.1) is 0 Å². The van der Waals surface area contributed by atoms with Crippen LogP contribution >= 0.6 is 0 Å². The monoisotopic (exact) mass is 365 g/mol. The molecule has 3 rings (SSSR count). The van der Waals surface area contributed by atoms with Gasteiger partial charge >= 0.3 is 6.18 Å². The Morgan fingerprint density at radius 1 is 1.12 bits per heavy atom. The SMILES string of the molecule is COc1cccc(C2(C(F)(F)F)CN=C(/C=C/c3ccc(F)cc3)O2)c1. The molecular weight excluding hydrogens is 350 g/mol. The van der Waals surface area contributed by atoms with Gasteiger partial charge in [-0.2, -0.15) is 13.2 Å². The second-order valence-corrected chi connectivity index (χ2v) is 5.70. The molecule has 1 heterocycles. The summed E-state index contributed by atoms with van der Waals surface area (Å²) < 4.78 is 64.6. The molecule has 0 bridgehead atoms. The summed E-state index contributed by atoms with van der Waals surface area (Å²) in [4.78, 5) is 3.89. The summed E-state index contributed by atoms with van der Waals surface area (Å²) in [6.45, 7) is -0.591. The molecular formula is C19H15F4NO2. The minimum Gasteiger partial charge on any atom is -0.497 e. The van der Waals surface area contributed by atoms with E-state index in [1.165, 1.54) is 61.7 Å². The Bertz CT molecular complexity index is 843. The molecule has 1 aliphatic rings. The van der Waals surface area contributed by atoms with Gasteiger partial charge in [0.25, 0.3) is 0 Å². The number of aliphatic imine (C=N–C) groups is 1. The van der Waals surface area contributed by atoms with Crippen LogP contribution in [0.25, 0.3) is 6.08 Å². The van der Waals surface area contributed by atoms with Crippen molar-refractivity contribution in [3.63, 3.8) is 0 Å². The molecule has 3 nitrogen and oxygen atoms in total. The first-order chi connectivity index (χ1) is 12.3. The Balaban J connectivity index is 1.87. The number of halogens is 4. The van der Waals surface area contributed by atoms with E-state index in [-0.39, 0.29) is 11.5 Å². The van der Waals surface area contributed by atoms with Crippen molar-refractivity contribution in [2.45, 2.75) is 11.8 Å². The van der Waals surface area contributed by atoms with Gasteiger partial charge in [0.1, 0.15) is 11.6 Å². The molecule has 0 fully saturated rings. The van der Waals surface area contributed by atoms with Gasteiger partial charge < -0.3 is 9.47 Å². The van der Waals surface area contributed by atoms with Crippen LogP contribution in [0.4, 0.5) is 17.6 Å². The van der Waals surface area contributed by atoms with E-state index < -0.39 is 24.1 Å². The minimum absolute atomic E-state index is 0.0849. The van der Waals surface area contributed by atoms with Crippen LogP contribution in [0, 0.1) is 5.82 Å². The van der Waals surface area contributed by atoms with E-state index in [9.17, 15) is 17.6 Å². The summed E-state index contributed by atoms with van der Waals surface area (Å²) >= 11 is 0. The number of nitrogens with zero attached hydrogens (tertiary/aromatic N) is 1. The van der Waals surface area contributed by atoms with Crippen LogP contribution in [0.5, 0.6) is 5.75 Å². The molecule has 0 aliphatic carbocycles. The fraction of sp³-hybridized carbons (Fsp3) is 0.211. The van der Waals surface area contributed by atoms with Gasteiger partial charge in [0.2, 0.25) is 11.5 Å². The van der Waals surface area contributed by atoms with Crippen molar-refractivity contribution in [2.75, 3.05) is 13.7 Å². The zero-order valence-corrected chi connectivity index (χ0v) is 13.8. The fourth-order valence-electron chi connectivity index (χ4n) is 2.60. The Labute approximate surface area is 147 Å². The highest BCUT2D eigenvalue weighted by Crippen LogP contribution is 2.46. The summed E-state index contributed by atoms with van der Waals surface area (Å²) in [6.07, 6.45) is -1.83. The number of ether oxygens (including phenoxy) is 2. The van der Waals surface area contributed by atoms with Gasteiger partial charge in [0, 0.05) is 11.6 Å².